The highest BCUT2D eigenvalue weighted by Crippen LogP contribution is 1.95. The summed E-state index contributed by atoms with van der Waals surface area (Å²) in [5.41, 5.74) is -0.0175. The Morgan fingerprint density at radius 3 is 2.94 bits per heavy atom. The first-order valence-corrected chi connectivity index (χ1v) is 4.79. The molecule has 0 atom stereocenters. The van der Waals surface area contributed by atoms with Crippen molar-refractivity contribution in [1.29, 1.82) is 0 Å². The number of ether oxygens (including phenoxy) is 1. The number of nitrogens with one attached hydrogen (secondary N) is 1. The summed E-state index contributed by atoms with van der Waals surface area (Å²) in [6.45, 7) is 2.84. The van der Waals surface area contributed by atoms with E-state index in [-0.39, 0.29) is 5.69 Å². The molecule has 1 rings (SSSR count). The van der Waals surface area contributed by atoms with E-state index in [1.54, 1.807) is 11.5 Å². The summed E-state index contributed by atoms with van der Waals surface area (Å²) in [6, 6.07) is 0. The molecule has 1 amide bonds. The van der Waals surface area contributed by atoms with E-state index in [2.05, 4.69) is 15.0 Å². The standard InChI is InChI=1S/C9H13N3O4/c1-2-16-9(15)10-3-4-12-5-7(8(13)14)11-6-12/h5-6H,2-4H2,1H3,(H,10,15)(H,13,14). The molecule has 16 heavy (non-hydrogen) atoms. The molecule has 1 aromatic rings. The van der Waals surface area contributed by atoms with E-state index in [9.17, 15) is 9.59 Å². The molecule has 0 saturated heterocycles. The summed E-state index contributed by atoms with van der Waals surface area (Å²) >= 11 is 0. The fourth-order valence-corrected chi connectivity index (χ4v) is 1.06. The molecule has 0 aliphatic carbocycles. The van der Waals surface area contributed by atoms with Gasteiger partial charge in [0.1, 0.15) is 0 Å². The van der Waals surface area contributed by atoms with Gasteiger partial charge in [-0.25, -0.2) is 14.6 Å². The molecule has 0 aromatic carbocycles. The van der Waals surface area contributed by atoms with Gasteiger partial charge in [-0.15, -0.1) is 0 Å². The highest BCUT2D eigenvalue weighted by Gasteiger charge is 2.06. The number of alkyl carbamates (subject to hydrolysis) is 1. The molecule has 1 heterocycles. The third-order valence-corrected chi connectivity index (χ3v) is 1.77. The van der Waals surface area contributed by atoms with Gasteiger partial charge in [0.05, 0.1) is 12.9 Å². The summed E-state index contributed by atoms with van der Waals surface area (Å²) in [5, 5.41) is 11.1. The normalized spacial score (nSPS) is 9.81. The van der Waals surface area contributed by atoms with E-state index in [0.717, 1.165) is 0 Å². The second-order valence-corrected chi connectivity index (χ2v) is 2.95. The van der Waals surface area contributed by atoms with Crippen LogP contribution in [0.4, 0.5) is 4.79 Å². The second kappa shape index (κ2) is 5.74. The molecule has 0 spiro atoms. The number of imidazole rings is 1. The van der Waals surface area contributed by atoms with Crippen LogP contribution in [0.3, 0.4) is 0 Å². The van der Waals surface area contributed by atoms with Crippen LogP contribution in [0.15, 0.2) is 12.5 Å². The lowest BCUT2D eigenvalue weighted by atomic mass is 10.5. The van der Waals surface area contributed by atoms with Crippen molar-refractivity contribution in [1.82, 2.24) is 14.9 Å². The quantitative estimate of drug-likeness (QED) is 0.755. The predicted molar refractivity (Wildman–Crippen MR) is 54.2 cm³/mol. The van der Waals surface area contributed by atoms with E-state index in [0.29, 0.717) is 19.7 Å². The van der Waals surface area contributed by atoms with Crippen LogP contribution in [0.1, 0.15) is 17.4 Å². The van der Waals surface area contributed by atoms with Gasteiger partial charge in [-0.05, 0) is 6.92 Å². The van der Waals surface area contributed by atoms with Crippen molar-refractivity contribution in [2.24, 2.45) is 0 Å². The minimum Gasteiger partial charge on any atom is -0.476 e. The van der Waals surface area contributed by atoms with Crippen LogP contribution in [0, 0.1) is 0 Å². The summed E-state index contributed by atoms with van der Waals surface area (Å²) in [5.74, 6) is -1.07. The van der Waals surface area contributed by atoms with E-state index in [1.165, 1.54) is 12.5 Å². The maximum Gasteiger partial charge on any atom is 0.407 e. The zero-order valence-corrected chi connectivity index (χ0v) is 8.84. The van der Waals surface area contributed by atoms with Crippen LogP contribution >= 0.6 is 0 Å². The summed E-state index contributed by atoms with van der Waals surface area (Å²) < 4.78 is 6.23. The first-order valence-electron chi connectivity index (χ1n) is 4.79. The topological polar surface area (TPSA) is 93.5 Å². The fourth-order valence-electron chi connectivity index (χ4n) is 1.06. The van der Waals surface area contributed by atoms with Gasteiger partial charge in [0.2, 0.25) is 0 Å². The Morgan fingerprint density at radius 1 is 1.62 bits per heavy atom. The van der Waals surface area contributed by atoms with Gasteiger partial charge in [0.25, 0.3) is 0 Å². The Labute approximate surface area is 92.0 Å². The Balaban J connectivity index is 2.32. The number of aromatic nitrogens is 2. The van der Waals surface area contributed by atoms with Crippen LogP contribution < -0.4 is 5.32 Å². The molecule has 0 fully saturated rings. The minimum atomic E-state index is -1.07. The van der Waals surface area contributed by atoms with Crippen molar-refractivity contribution >= 4 is 12.1 Å². The number of carboxylic acid groups (broad SMARTS) is 1. The van der Waals surface area contributed by atoms with E-state index in [4.69, 9.17) is 5.11 Å². The first kappa shape index (κ1) is 12.0. The van der Waals surface area contributed by atoms with Gasteiger partial charge in [-0.1, -0.05) is 0 Å². The van der Waals surface area contributed by atoms with Crippen LogP contribution in [-0.4, -0.2) is 39.9 Å². The molecular formula is C9H13N3O4. The molecule has 2 N–H and O–H groups in total. The fraction of sp³-hybridized carbons (Fsp3) is 0.444. The van der Waals surface area contributed by atoms with Crippen molar-refractivity contribution < 1.29 is 19.4 Å². The van der Waals surface area contributed by atoms with Gasteiger partial charge >= 0.3 is 12.1 Å². The zero-order chi connectivity index (χ0) is 12.0. The van der Waals surface area contributed by atoms with E-state index >= 15 is 0 Å². The largest absolute Gasteiger partial charge is 0.476 e. The number of hydrogen-bond acceptors (Lipinski definition) is 4. The van der Waals surface area contributed by atoms with Crippen molar-refractivity contribution in [2.45, 2.75) is 13.5 Å². The van der Waals surface area contributed by atoms with Crippen molar-refractivity contribution in [2.75, 3.05) is 13.2 Å². The van der Waals surface area contributed by atoms with Crippen LogP contribution in [0.25, 0.3) is 0 Å². The molecule has 0 bridgehead atoms. The minimum absolute atomic E-state index is 0.0175. The van der Waals surface area contributed by atoms with Gasteiger partial charge in [-0.2, -0.15) is 0 Å². The van der Waals surface area contributed by atoms with Crippen LogP contribution in [0.5, 0.6) is 0 Å². The highest BCUT2D eigenvalue weighted by atomic mass is 16.5. The average molecular weight is 227 g/mol. The van der Waals surface area contributed by atoms with Gasteiger partial charge in [0.15, 0.2) is 5.69 Å². The average Bonchev–Trinajstić information content (AvgIpc) is 2.67. The summed E-state index contributed by atoms with van der Waals surface area (Å²) in [6.07, 6.45) is 2.31. The van der Waals surface area contributed by atoms with Gasteiger partial charge in [-0.3, -0.25) is 0 Å². The molecule has 7 nitrogen and oxygen atoms in total. The molecule has 7 heteroatoms. The lowest BCUT2D eigenvalue weighted by Crippen LogP contribution is -2.27. The van der Waals surface area contributed by atoms with Crippen molar-refractivity contribution in [3.63, 3.8) is 0 Å². The lowest BCUT2D eigenvalue weighted by Gasteiger charge is -2.04. The monoisotopic (exact) mass is 227 g/mol. The molecule has 0 unspecified atom stereocenters. The van der Waals surface area contributed by atoms with Crippen molar-refractivity contribution in [3.05, 3.63) is 18.2 Å². The number of nitrogens with zero attached hydrogens (tertiary/aromatic N) is 2. The maximum atomic E-state index is 10.9. The number of aromatic carboxylic acids is 1. The maximum absolute atomic E-state index is 10.9. The van der Waals surface area contributed by atoms with Gasteiger partial charge in [0, 0.05) is 19.3 Å². The third-order valence-electron chi connectivity index (χ3n) is 1.77. The smallest absolute Gasteiger partial charge is 0.407 e. The van der Waals surface area contributed by atoms with E-state index in [1.807, 2.05) is 0 Å². The SMILES string of the molecule is CCOC(=O)NCCn1cnc(C(=O)O)c1. The Hall–Kier alpha value is -2.05. The number of rotatable bonds is 5. The summed E-state index contributed by atoms with van der Waals surface area (Å²) in [4.78, 5) is 25.1. The van der Waals surface area contributed by atoms with Gasteiger partial charge < -0.3 is 19.7 Å². The van der Waals surface area contributed by atoms with Crippen molar-refractivity contribution in [3.8, 4) is 0 Å². The molecule has 88 valence electrons. The third kappa shape index (κ3) is 3.60. The molecule has 0 saturated carbocycles. The van der Waals surface area contributed by atoms with E-state index < -0.39 is 12.1 Å². The number of carbonyl (C=O) groups is 2. The zero-order valence-electron chi connectivity index (χ0n) is 8.84. The molecule has 1 aromatic heterocycles. The van der Waals surface area contributed by atoms with Crippen LogP contribution in [0.2, 0.25) is 0 Å². The number of amides is 1. The number of hydrogen-bond donors (Lipinski definition) is 2. The molecule has 0 radical (unpaired) electrons. The first-order chi connectivity index (χ1) is 7.63. The highest BCUT2D eigenvalue weighted by molar-refractivity contribution is 5.84. The molecule has 0 aliphatic heterocycles. The lowest BCUT2D eigenvalue weighted by molar-refractivity contribution is 0.0691. The molecular weight excluding hydrogens is 214 g/mol. The Kier molecular flexibility index (Phi) is 4.31. The molecule has 0 aliphatic rings. The number of carboxylic acids is 1. The summed E-state index contributed by atoms with van der Waals surface area (Å²) in [7, 11) is 0. The Bertz CT molecular complexity index is 375. The number of carbonyl (C=O) groups excluding carboxylic acids is 1. The predicted octanol–water partition coefficient (Wildman–Crippen LogP) is 0.327. The Morgan fingerprint density at radius 2 is 2.38 bits per heavy atom. The second-order valence-electron chi connectivity index (χ2n) is 2.95. The van der Waals surface area contributed by atoms with Crippen LogP contribution in [-0.2, 0) is 11.3 Å².